The number of fused-ring (bicyclic) bond motifs is 1. The van der Waals surface area contributed by atoms with Gasteiger partial charge in [0.1, 0.15) is 0 Å². The van der Waals surface area contributed by atoms with Crippen molar-refractivity contribution in [3.63, 3.8) is 0 Å². The summed E-state index contributed by atoms with van der Waals surface area (Å²) in [6.45, 7) is 9.69. The lowest BCUT2D eigenvalue weighted by Crippen LogP contribution is -2.50. The Labute approximate surface area is 162 Å². The fourth-order valence-corrected chi connectivity index (χ4v) is 4.23. The van der Waals surface area contributed by atoms with Crippen molar-refractivity contribution in [1.29, 1.82) is 0 Å². The first kappa shape index (κ1) is 18.1. The number of hydrogen-bond acceptors (Lipinski definition) is 3. The van der Waals surface area contributed by atoms with Crippen LogP contribution >= 0.6 is 0 Å². The van der Waals surface area contributed by atoms with Crippen molar-refractivity contribution in [2.75, 3.05) is 37.6 Å². The fourth-order valence-electron chi connectivity index (χ4n) is 4.23. The molecular weight excluding hydrogens is 332 g/mol. The number of para-hydroxylation sites is 1. The maximum absolute atomic E-state index is 6.51. The molecule has 2 heterocycles. The Morgan fingerprint density at radius 1 is 1.00 bits per heavy atom. The van der Waals surface area contributed by atoms with E-state index in [1.165, 1.54) is 33.3 Å². The number of aryl methyl sites for hydroxylation is 1. The van der Waals surface area contributed by atoms with Crippen LogP contribution in [0.4, 0.5) is 5.69 Å². The summed E-state index contributed by atoms with van der Waals surface area (Å²) < 4.78 is 0. The van der Waals surface area contributed by atoms with E-state index in [2.05, 4.69) is 77.3 Å². The second kappa shape index (κ2) is 7.75. The molecule has 3 aromatic rings. The summed E-state index contributed by atoms with van der Waals surface area (Å²) in [5.41, 5.74) is 13.2. The Morgan fingerprint density at radius 2 is 1.78 bits per heavy atom. The monoisotopic (exact) mass is 362 g/mol. The van der Waals surface area contributed by atoms with Crippen LogP contribution in [-0.4, -0.2) is 48.6 Å². The van der Waals surface area contributed by atoms with Crippen LogP contribution in [-0.2, 0) is 6.42 Å². The summed E-state index contributed by atoms with van der Waals surface area (Å²) in [5, 5.41) is 1.30. The van der Waals surface area contributed by atoms with Crippen molar-refractivity contribution in [2.45, 2.75) is 26.3 Å². The minimum atomic E-state index is 0.163. The number of rotatable bonds is 5. The molecule has 0 amide bonds. The third-order valence-electron chi connectivity index (χ3n) is 5.94. The smallest absolute Gasteiger partial charge is 0.0456 e. The molecule has 2 aromatic carbocycles. The summed E-state index contributed by atoms with van der Waals surface area (Å²) in [6, 6.07) is 15.2. The lowest BCUT2D eigenvalue weighted by atomic mass is 10.0. The number of aromatic nitrogens is 1. The zero-order valence-electron chi connectivity index (χ0n) is 16.4. The van der Waals surface area contributed by atoms with Gasteiger partial charge in [0.25, 0.3) is 0 Å². The molecule has 4 nitrogen and oxygen atoms in total. The molecule has 3 N–H and O–H groups in total. The second-order valence-corrected chi connectivity index (χ2v) is 7.83. The Balaban J connectivity index is 1.33. The van der Waals surface area contributed by atoms with Gasteiger partial charge in [0.2, 0.25) is 0 Å². The molecule has 1 aliphatic heterocycles. The van der Waals surface area contributed by atoms with Gasteiger partial charge in [-0.25, -0.2) is 0 Å². The molecule has 0 saturated carbocycles. The maximum Gasteiger partial charge on any atom is 0.0456 e. The number of nitrogens with two attached hydrogens (primary N) is 1. The summed E-state index contributed by atoms with van der Waals surface area (Å²) in [4.78, 5) is 8.39. The van der Waals surface area contributed by atoms with Crippen LogP contribution in [0.3, 0.4) is 0 Å². The number of H-pyrrole nitrogens is 1. The highest BCUT2D eigenvalue weighted by Gasteiger charge is 2.20. The topological polar surface area (TPSA) is 48.3 Å². The fraction of sp³-hybridized carbons (Fsp3) is 0.391. The van der Waals surface area contributed by atoms with E-state index >= 15 is 0 Å². The molecule has 142 valence electrons. The normalized spacial score (nSPS) is 16.8. The first-order valence-corrected chi connectivity index (χ1v) is 9.96. The van der Waals surface area contributed by atoms with E-state index in [4.69, 9.17) is 5.73 Å². The van der Waals surface area contributed by atoms with Crippen LogP contribution in [0, 0.1) is 13.8 Å². The molecule has 0 aliphatic carbocycles. The highest BCUT2D eigenvalue weighted by Crippen LogP contribution is 2.24. The van der Waals surface area contributed by atoms with Crippen molar-refractivity contribution in [1.82, 2.24) is 9.88 Å². The molecule has 27 heavy (non-hydrogen) atoms. The van der Waals surface area contributed by atoms with Crippen molar-refractivity contribution >= 4 is 16.6 Å². The number of benzene rings is 2. The van der Waals surface area contributed by atoms with E-state index < -0.39 is 0 Å². The zero-order chi connectivity index (χ0) is 18.8. The average Bonchev–Trinajstić information content (AvgIpc) is 3.08. The van der Waals surface area contributed by atoms with Crippen molar-refractivity contribution in [3.05, 3.63) is 65.4 Å². The zero-order valence-corrected chi connectivity index (χ0v) is 16.4. The number of piperazine rings is 1. The number of nitrogens with one attached hydrogen (secondary N) is 1. The standard InChI is InChI=1S/C23H30N4/c1-17-6-5-9-23(18(17)2)27-12-10-26(11-13-27)16-20(24)14-19-15-25-22-8-4-3-7-21(19)22/h3-9,15,20,25H,10-14,16,24H2,1-2H3/t20-/m0/s1. The van der Waals surface area contributed by atoms with Crippen molar-refractivity contribution in [3.8, 4) is 0 Å². The molecule has 1 aromatic heterocycles. The largest absolute Gasteiger partial charge is 0.369 e. The number of hydrogen-bond donors (Lipinski definition) is 2. The van der Waals surface area contributed by atoms with Crippen LogP contribution in [0.25, 0.3) is 10.9 Å². The minimum Gasteiger partial charge on any atom is -0.369 e. The Bertz CT molecular complexity index is 906. The minimum absolute atomic E-state index is 0.163. The summed E-state index contributed by atoms with van der Waals surface area (Å²) in [5.74, 6) is 0. The van der Waals surface area contributed by atoms with E-state index in [0.29, 0.717) is 0 Å². The predicted octanol–water partition coefficient (Wildman–Crippen LogP) is 3.48. The molecule has 1 fully saturated rings. The van der Waals surface area contributed by atoms with Crippen LogP contribution in [0.5, 0.6) is 0 Å². The van der Waals surface area contributed by atoms with Gasteiger partial charge in [0, 0.05) is 61.6 Å². The van der Waals surface area contributed by atoms with Crippen LogP contribution in [0.1, 0.15) is 16.7 Å². The van der Waals surface area contributed by atoms with E-state index in [0.717, 1.165) is 39.1 Å². The summed E-state index contributed by atoms with van der Waals surface area (Å²) >= 11 is 0. The average molecular weight is 363 g/mol. The van der Waals surface area contributed by atoms with Gasteiger partial charge in [-0.3, -0.25) is 4.90 Å². The molecular formula is C23H30N4. The summed E-state index contributed by atoms with van der Waals surface area (Å²) in [7, 11) is 0. The van der Waals surface area contributed by atoms with Gasteiger partial charge < -0.3 is 15.6 Å². The number of nitrogens with zero attached hydrogens (tertiary/aromatic N) is 2. The van der Waals surface area contributed by atoms with Crippen molar-refractivity contribution < 1.29 is 0 Å². The quantitative estimate of drug-likeness (QED) is 0.731. The van der Waals surface area contributed by atoms with Gasteiger partial charge >= 0.3 is 0 Å². The molecule has 1 saturated heterocycles. The van der Waals surface area contributed by atoms with Crippen LogP contribution in [0.15, 0.2) is 48.7 Å². The maximum atomic E-state index is 6.51. The van der Waals surface area contributed by atoms with Crippen LogP contribution in [0.2, 0.25) is 0 Å². The molecule has 0 radical (unpaired) electrons. The predicted molar refractivity (Wildman–Crippen MR) is 115 cm³/mol. The molecule has 0 bridgehead atoms. The molecule has 4 heteroatoms. The molecule has 0 unspecified atom stereocenters. The van der Waals surface area contributed by atoms with Gasteiger partial charge in [-0.2, -0.15) is 0 Å². The SMILES string of the molecule is Cc1cccc(N2CCN(C[C@@H](N)Cc3c[nH]c4ccccc34)CC2)c1C. The highest BCUT2D eigenvalue weighted by atomic mass is 15.3. The third kappa shape index (κ3) is 3.87. The summed E-state index contributed by atoms with van der Waals surface area (Å²) in [6.07, 6.45) is 3.03. The first-order chi connectivity index (χ1) is 13.1. The van der Waals surface area contributed by atoms with E-state index in [9.17, 15) is 0 Å². The van der Waals surface area contributed by atoms with Gasteiger partial charge in [0.05, 0.1) is 0 Å². The lowest BCUT2D eigenvalue weighted by molar-refractivity contribution is 0.242. The van der Waals surface area contributed by atoms with Gasteiger partial charge in [-0.1, -0.05) is 30.3 Å². The molecule has 4 rings (SSSR count). The number of aromatic amines is 1. The van der Waals surface area contributed by atoms with E-state index in [1.54, 1.807) is 0 Å². The first-order valence-electron chi connectivity index (χ1n) is 9.96. The lowest BCUT2D eigenvalue weighted by Gasteiger charge is -2.38. The second-order valence-electron chi connectivity index (χ2n) is 7.83. The molecule has 1 aliphatic rings. The molecule has 0 spiro atoms. The highest BCUT2D eigenvalue weighted by molar-refractivity contribution is 5.83. The molecule has 1 atom stereocenters. The Hall–Kier alpha value is -2.30. The number of anilines is 1. The van der Waals surface area contributed by atoms with Gasteiger partial charge in [-0.15, -0.1) is 0 Å². The van der Waals surface area contributed by atoms with E-state index in [1.807, 2.05) is 0 Å². The van der Waals surface area contributed by atoms with E-state index in [-0.39, 0.29) is 6.04 Å². The third-order valence-corrected chi connectivity index (χ3v) is 5.94. The van der Waals surface area contributed by atoms with Gasteiger partial charge in [-0.05, 0) is 49.1 Å². The Kier molecular flexibility index (Phi) is 5.19. The Morgan fingerprint density at radius 3 is 2.59 bits per heavy atom. The van der Waals surface area contributed by atoms with Crippen molar-refractivity contribution in [2.24, 2.45) is 5.73 Å². The van der Waals surface area contributed by atoms with Crippen LogP contribution < -0.4 is 10.6 Å². The van der Waals surface area contributed by atoms with Gasteiger partial charge in [0.15, 0.2) is 0 Å².